The van der Waals surface area contributed by atoms with Crippen LogP contribution in [0.4, 0.5) is 0 Å². The summed E-state index contributed by atoms with van der Waals surface area (Å²) >= 11 is 0. The number of benzene rings is 1. The van der Waals surface area contributed by atoms with Gasteiger partial charge in [0.2, 0.25) is 15.9 Å². The van der Waals surface area contributed by atoms with Crippen molar-refractivity contribution >= 4 is 22.0 Å². The molecule has 1 N–H and O–H groups in total. The topological polar surface area (TPSA) is 84.9 Å². The highest BCUT2D eigenvalue weighted by molar-refractivity contribution is 7.88. The van der Waals surface area contributed by atoms with Gasteiger partial charge in [0.15, 0.2) is 11.5 Å². The van der Waals surface area contributed by atoms with Crippen LogP contribution in [0.1, 0.15) is 31.2 Å². The SMILES string of the molecule is COc1ccc(/C=C/C(=O)NC2CC3CCC(C2)N3S(C)(=O)=O)cc1OC. The highest BCUT2D eigenvalue weighted by atomic mass is 32.2. The monoisotopic (exact) mass is 394 g/mol. The third-order valence-electron chi connectivity index (χ3n) is 5.23. The van der Waals surface area contributed by atoms with Crippen molar-refractivity contribution in [2.75, 3.05) is 20.5 Å². The molecule has 27 heavy (non-hydrogen) atoms. The van der Waals surface area contributed by atoms with Gasteiger partial charge in [-0.25, -0.2) is 8.42 Å². The van der Waals surface area contributed by atoms with Crippen LogP contribution in [0.2, 0.25) is 0 Å². The molecule has 0 aromatic heterocycles. The van der Waals surface area contributed by atoms with E-state index in [1.165, 1.54) is 12.3 Å². The standard InChI is InChI=1S/C19H26N2O5S/c1-25-17-8-4-13(10-18(17)26-2)5-9-19(22)20-14-11-15-6-7-16(12-14)21(15)27(3,23)24/h4-5,8-10,14-16H,6-7,11-12H2,1-3H3,(H,20,22)/b9-5+. The number of hydrogen-bond acceptors (Lipinski definition) is 5. The van der Waals surface area contributed by atoms with E-state index in [-0.39, 0.29) is 24.0 Å². The fourth-order valence-corrected chi connectivity index (χ4v) is 5.64. The lowest BCUT2D eigenvalue weighted by Gasteiger charge is -2.37. The van der Waals surface area contributed by atoms with Gasteiger partial charge in [-0.3, -0.25) is 4.79 Å². The van der Waals surface area contributed by atoms with E-state index in [0.717, 1.165) is 18.4 Å². The van der Waals surface area contributed by atoms with Crippen LogP contribution >= 0.6 is 0 Å². The summed E-state index contributed by atoms with van der Waals surface area (Å²) < 4.78 is 36.0. The summed E-state index contributed by atoms with van der Waals surface area (Å²) in [5.41, 5.74) is 0.828. The van der Waals surface area contributed by atoms with Gasteiger partial charge < -0.3 is 14.8 Å². The highest BCUT2D eigenvalue weighted by Crippen LogP contribution is 2.37. The molecule has 0 aliphatic carbocycles. The Morgan fingerprint density at radius 2 is 1.78 bits per heavy atom. The van der Waals surface area contributed by atoms with Crippen molar-refractivity contribution in [2.24, 2.45) is 0 Å². The molecule has 3 rings (SSSR count). The molecule has 2 fully saturated rings. The predicted molar refractivity (Wildman–Crippen MR) is 103 cm³/mol. The van der Waals surface area contributed by atoms with E-state index >= 15 is 0 Å². The zero-order chi connectivity index (χ0) is 19.6. The molecule has 2 aliphatic heterocycles. The Morgan fingerprint density at radius 3 is 2.33 bits per heavy atom. The lowest BCUT2D eigenvalue weighted by atomic mass is 10.00. The van der Waals surface area contributed by atoms with Gasteiger partial charge in [-0.2, -0.15) is 4.31 Å². The van der Waals surface area contributed by atoms with Crippen molar-refractivity contribution in [1.82, 2.24) is 9.62 Å². The number of ether oxygens (including phenoxy) is 2. The van der Waals surface area contributed by atoms with E-state index < -0.39 is 10.0 Å². The minimum atomic E-state index is -3.19. The van der Waals surface area contributed by atoms with Gasteiger partial charge in [-0.1, -0.05) is 6.07 Å². The Kier molecular flexibility index (Phi) is 5.76. The van der Waals surface area contributed by atoms with E-state index in [0.29, 0.717) is 24.3 Å². The zero-order valence-corrected chi connectivity index (χ0v) is 16.7. The summed E-state index contributed by atoms with van der Waals surface area (Å²) in [5.74, 6) is 1.05. The second-order valence-electron chi connectivity index (χ2n) is 7.10. The van der Waals surface area contributed by atoms with Crippen LogP contribution in [0.3, 0.4) is 0 Å². The molecular formula is C19H26N2O5S. The molecule has 2 unspecified atom stereocenters. The normalized spacial score (nSPS) is 25.5. The first-order chi connectivity index (χ1) is 12.8. The summed E-state index contributed by atoms with van der Waals surface area (Å²) in [7, 11) is -0.0506. The molecule has 1 amide bonds. The summed E-state index contributed by atoms with van der Waals surface area (Å²) in [6.45, 7) is 0. The largest absolute Gasteiger partial charge is 0.493 e. The van der Waals surface area contributed by atoms with Gasteiger partial charge in [-0.05, 0) is 49.5 Å². The first-order valence-electron chi connectivity index (χ1n) is 9.01. The molecule has 8 heteroatoms. The number of carbonyl (C=O) groups excluding carboxylic acids is 1. The molecule has 1 aromatic carbocycles. The molecule has 0 radical (unpaired) electrons. The van der Waals surface area contributed by atoms with Crippen molar-refractivity contribution in [1.29, 1.82) is 0 Å². The van der Waals surface area contributed by atoms with E-state index in [2.05, 4.69) is 5.32 Å². The number of fused-ring (bicyclic) bond motifs is 2. The van der Waals surface area contributed by atoms with Gasteiger partial charge in [0.25, 0.3) is 0 Å². The molecule has 2 saturated heterocycles. The molecule has 1 aromatic rings. The van der Waals surface area contributed by atoms with E-state index in [9.17, 15) is 13.2 Å². The Balaban J connectivity index is 1.60. The summed E-state index contributed by atoms with van der Waals surface area (Å²) in [6, 6.07) is 5.43. The van der Waals surface area contributed by atoms with E-state index in [1.54, 1.807) is 36.7 Å². The molecule has 0 spiro atoms. The maximum Gasteiger partial charge on any atom is 0.244 e. The maximum absolute atomic E-state index is 12.3. The maximum atomic E-state index is 12.3. The minimum Gasteiger partial charge on any atom is -0.493 e. The number of carbonyl (C=O) groups is 1. The lowest BCUT2D eigenvalue weighted by Crippen LogP contribution is -2.51. The van der Waals surface area contributed by atoms with Crippen molar-refractivity contribution in [3.8, 4) is 11.5 Å². The Labute approximate surface area is 160 Å². The molecule has 2 bridgehead atoms. The number of methoxy groups -OCH3 is 2. The number of piperidine rings is 1. The third kappa shape index (κ3) is 4.44. The lowest BCUT2D eigenvalue weighted by molar-refractivity contribution is -0.117. The first kappa shape index (κ1) is 19.7. The molecule has 7 nitrogen and oxygen atoms in total. The van der Waals surface area contributed by atoms with Crippen molar-refractivity contribution in [3.05, 3.63) is 29.8 Å². The smallest absolute Gasteiger partial charge is 0.244 e. The quantitative estimate of drug-likeness (QED) is 0.744. The van der Waals surface area contributed by atoms with Crippen LogP contribution in [-0.2, 0) is 14.8 Å². The Morgan fingerprint density at radius 1 is 1.15 bits per heavy atom. The van der Waals surface area contributed by atoms with Crippen LogP contribution in [-0.4, -0.2) is 57.2 Å². The summed E-state index contributed by atoms with van der Waals surface area (Å²) in [4.78, 5) is 12.3. The average Bonchev–Trinajstić information content (AvgIpc) is 2.92. The second kappa shape index (κ2) is 7.90. The molecule has 148 valence electrons. The van der Waals surface area contributed by atoms with E-state index in [1.807, 2.05) is 6.07 Å². The number of hydrogen-bond donors (Lipinski definition) is 1. The van der Waals surface area contributed by atoms with Crippen LogP contribution in [0.15, 0.2) is 24.3 Å². The number of sulfonamides is 1. The molecule has 0 saturated carbocycles. The second-order valence-corrected chi connectivity index (χ2v) is 8.99. The Hall–Kier alpha value is -2.06. The van der Waals surface area contributed by atoms with Gasteiger partial charge in [-0.15, -0.1) is 0 Å². The van der Waals surface area contributed by atoms with Gasteiger partial charge >= 0.3 is 0 Å². The molecule has 2 heterocycles. The number of rotatable bonds is 6. The third-order valence-corrected chi connectivity index (χ3v) is 6.59. The zero-order valence-electron chi connectivity index (χ0n) is 15.8. The predicted octanol–water partition coefficient (Wildman–Crippen LogP) is 1.79. The van der Waals surface area contributed by atoms with Crippen molar-refractivity contribution < 1.29 is 22.7 Å². The fraction of sp³-hybridized carbons (Fsp3) is 0.526. The van der Waals surface area contributed by atoms with Crippen LogP contribution in [0, 0.1) is 0 Å². The fourth-order valence-electron chi connectivity index (χ4n) is 4.17. The molecule has 2 atom stereocenters. The van der Waals surface area contributed by atoms with E-state index in [4.69, 9.17) is 9.47 Å². The van der Waals surface area contributed by atoms with Gasteiger partial charge in [0.1, 0.15) is 0 Å². The van der Waals surface area contributed by atoms with Gasteiger partial charge in [0, 0.05) is 24.2 Å². The van der Waals surface area contributed by atoms with Crippen LogP contribution in [0.5, 0.6) is 11.5 Å². The molecular weight excluding hydrogens is 368 g/mol. The van der Waals surface area contributed by atoms with Crippen LogP contribution < -0.4 is 14.8 Å². The van der Waals surface area contributed by atoms with Crippen molar-refractivity contribution in [3.63, 3.8) is 0 Å². The van der Waals surface area contributed by atoms with Crippen LogP contribution in [0.25, 0.3) is 6.08 Å². The number of amides is 1. The number of nitrogens with one attached hydrogen (secondary N) is 1. The average molecular weight is 394 g/mol. The summed E-state index contributed by atoms with van der Waals surface area (Å²) in [6.07, 6.45) is 7.54. The molecule has 2 aliphatic rings. The Bertz CT molecular complexity index is 823. The van der Waals surface area contributed by atoms with Gasteiger partial charge in [0.05, 0.1) is 20.5 Å². The highest BCUT2D eigenvalue weighted by Gasteiger charge is 2.45. The minimum absolute atomic E-state index is 0.00104. The number of nitrogens with zero attached hydrogens (tertiary/aromatic N) is 1. The summed E-state index contributed by atoms with van der Waals surface area (Å²) in [5, 5.41) is 3.01. The first-order valence-corrected chi connectivity index (χ1v) is 10.9. The van der Waals surface area contributed by atoms with Crippen molar-refractivity contribution in [2.45, 2.75) is 43.8 Å².